The van der Waals surface area contributed by atoms with Gasteiger partial charge in [0.05, 0.1) is 21.3 Å². The number of nitro groups is 1. The fraction of sp³-hybridized carbons (Fsp3) is 0.357. The lowest BCUT2D eigenvalue weighted by Gasteiger charge is -2.09. The minimum absolute atomic E-state index is 0.0113. The van der Waals surface area contributed by atoms with Gasteiger partial charge in [-0.2, -0.15) is 5.10 Å². The number of aryl methyl sites for hydroxylation is 1. The van der Waals surface area contributed by atoms with Crippen molar-refractivity contribution < 1.29 is 4.92 Å². The predicted molar refractivity (Wildman–Crippen MR) is 82.7 cm³/mol. The third kappa shape index (κ3) is 3.52. The largest absolute Gasteiger partial charge is 0.379 e. The van der Waals surface area contributed by atoms with Crippen molar-refractivity contribution in [3.63, 3.8) is 0 Å². The predicted octanol–water partition coefficient (Wildman–Crippen LogP) is 3.72. The number of nitrogens with zero attached hydrogens (tertiary/aromatic N) is 3. The molecule has 0 aliphatic heterocycles. The van der Waals surface area contributed by atoms with E-state index in [1.807, 2.05) is 13.2 Å². The van der Waals surface area contributed by atoms with Gasteiger partial charge < -0.3 is 5.32 Å². The highest BCUT2D eigenvalue weighted by atomic mass is 35.5. The fourth-order valence-corrected chi connectivity index (χ4v) is 2.31. The van der Waals surface area contributed by atoms with Crippen LogP contribution < -0.4 is 5.32 Å². The third-order valence-corrected chi connectivity index (χ3v) is 3.44. The summed E-state index contributed by atoms with van der Waals surface area (Å²) in [5.41, 5.74) is 2.61. The van der Waals surface area contributed by atoms with Crippen LogP contribution in [-0.2, 0) is 13.6 Å². The number of non-ortho nitro benzene ring substituents is 1. The summed E-state index contributed by atoms with van der Waals surface area (Å²) in [4.78, 5) is 10.4. The molecule has 0 unspecified atom stereocenters. The van der Waals surface area contributed by atoms with Gasteiger partial charge >= 0.3 is 0 Å². The van der Waals surface area contributed by atoms with Crippen LogP contribution in [0, 0.1) is 10.1 Å². The number of hydrogen-bond acceptors (Lipinski definition) is 4. The highest BCUT2D eigenvalue weighted by Crippen LogP contribution is 2.27. The number of benzene rings is 1. The lowest BCUT2D eigenvalue weighted by Crippen LogP contribution is -2.03. The summed E-state index contributed by atoms with van der Waals surface area (Å²) >= 11 is 6.07. The van der Waals surface area contributed by atoms with Gasteiger partial charge in [-0.3, -0.25) is 14.8 Å². The second-order valence-electron chi connectivity index (χ2n) is 5.14. The van der Waals surface area contributed by atoms with Crippen molar-refractivity contribution in [2.24, 2.45) is 7.05 Å². The van der Waals surface area contributed by atoms with Crippen molar-refractivity contribution in [2.45, 2.75) is 26.3 Å². The molecule has 1 heterocycles. The molecule has 0 aliphatic rings. The van der Waals surface area contributed by atoms with Crippen molar-refractivity contribution in [3.05, 3.63) is 50.8 Å². The number of hydrogen-bond donors (Lipinski definition) is 1. The van der Waals surface area contributed by atoms with E-state index in [9.17, 15) is 10.1 Å². The van der Waals surface area contributed by atoms with E-state index < -0.39 is 4.92 Å². The molecule has 1 N–H and O–H groups in total. The van der Waals surface area contributed by atoms with Crippen LogP contribution in [0.4, 0.5) is 11.4 Å². The summed E-state index contributed by atoms with van der Waals surface area (Å²) < 4.78 is 1.77. The van der Waals surface area contributed by atoms with Gasteiger partial charge in [-0.25, -0.2) is 0 Å². The van der Waals surface area contributed by atoms with Gasteiger partial charge in [-0.1, -0.05) is 25.4 Å². The van der Waals surface area contributed by atoms with Crippen LogP contribution in [0.25, 0.3) is 0 Å². The number of rotatable bonds is 5. The molecule has 0 atom stereocenters. The summed E-state index contributed by atoms with van der Waals surface area (Å²) in [6.45, 7) is 4.67. The number of nitrogens with one attached hydrogen (secondary N) is 1. The summed E-state index contributed by atoms with van der Waals surface area (Å²) in [7, 11) is 1.87. The van der Waals surface area contributed by atoms with Gasteiger partial charge in [0, 0.05) is 37.5 Å². The maximum atomic E-state index is 10.8. The molecule has 2 aromatic rings. The topological polar surface area (TPSA) is 73.0 Å². The molecule has 0 radical (unpaired) electrons. The normalized spacial score (nSPS) is 10.9. The molecule has 0 saturated carbocycles. The van der Waals surface area contributed by atoms with Crippen LogP contribution in [0.2, 0.25) is 5.02 Å². The molecular weight excluding hydrogens is 292 g/mol. The molecule has 6 nitrogen and oxygen atoms in total. The number of nitro benzene ring substituents is 1. The Morgan fingerprint density at radius 2 is 2.19 bits per heavy atom. The Hall–Kier alpha value is -2.08. The zero-order valence-electron chi connectivity index (χ0n) is 12.1. The van der Waals surface area contributed by atoms with Crippen molar-refractivity contribution >= 4 is 23.0 Å². The summed E-state index contributed by atoms with van der Waals surface area (Å²) in [6, 6.07) is 4.35. The Labute approximate surface area is 127 Å². The van der Waals surface area contributed by atoms with Crippen molar-refractivity contribution in [2.75, 3.05) is 5.32 Å². The van der Waals surface area contributed by atoms with E-state index in [1.54, 1.807) is 4.68 Å². The molecule has 0 spiro atoms. The first-order valence-electron chi connectivity index (χ1n) is 6.58. The molecule has 21 heavy (non-hydrogen) atoms. The van der Waals surface area contributed by atoms with E-state index in [4.69, 9.17) is 11.6 Å². The molecule has 1 aromatic carbocycles. The van der Waals surface area contributed by atoms with Gasteiger partial charge in [0.1, 0.15) is 0 Å². The van der Waals surface area contributed by atoms with Crippen molar-refractivity contribution in [1.29, 1.82) is 0 Å². The molecule has 0 bridgehead atoms. The smallest absolute Gasteiger partial charge is 0.271 e. The number of aromatic nitrogens is 2. The van der Waals surface area contributed by atoms with Crippen LogP contribution in [0.15, 0.2) is 24.4 Å². The second kappa shape index (κ2) is 6.13. The summed E-state index contributed by atoms with van der Waals surface area (Å²) in [6.07, 6.45) is 1.94. The van der Waals surface area contributed by atoms with Crippen LogP contribution in [-0.4, -0.2) is 14.7 Å². The van der Waals surface area contributed by atoms with Gasteiger partial charge in [0.25, 0.3) is 5.69 Å². The Morgan fingerprint density at radius 1 is 1.48 bits per heavy atom. The van der Waals surface area contributed by atoms with Gasteiger partial charge in [-0.05, 0) is 12.0 Å². The maximum Gasteiger partial charge on any atom is 0.271 e. The summed E-state index contributed by atoms with van der Waals surface area (Å²) in [5, 5.41) is 18.8. The Balaban J connectivity index is 2.20. The van der Waals surface area contributed by atoms with Crippen LogP contribution in [0.3, 0.4) is 0 Å². The van der Waals surface area contributed by atoms with E-state index in [2.05, 4.69) is 24.3 Å². The first kappa shape index (κ1) is 15.3. The van der Waals surface area contributed by atoms with Gasteiger partial charge in [0.15, 0.2) is 0 Å². The van der Waals surface area contributed by atoms with Gasteiger partial charge in [-0.15, -0.1) is 0 Å². The molecule has 112 valence electrons. The minimum Gasteiger partial charge on any atom is -0.379 e. The number of halogens is 1. The van der Waals surface area contributed by atoms with Crippen LogP contribution >= 0.6 is 11.6 Å². The quantitative estimate of drug-likeness (QED) is 0.675. The van der Waals surface area contributed by atoms with Crippen molar-refractivity contribution in [3.8, 4) is 0 Å². The van der Waals surface area contributed by atoms with E-state index in [-0.39, 0.29) is 5.69 Å². The Morgan fingerprint density at radius 3 is 2.81 bits per heavy atom. The molecule has 0 aliphatic carbocycles. The van der Waals surface area contributed by atoms with E-state index in [1.165, 1.54) is 18.2 Å². The molecule has 0 fully saturated rings. The SMILES string of the molecule is CC(C)c1nn(C)cc1CNc1cc([N+](=O)[O-])ccc1Cl. The second-order valence-corrected chi connectivity index (χ2v) is 5.55. The highest BCUT2D eigenvalue weighted by molar-refractivity contribution is 6.33. The first-order valence-corrected chi connectivity index (χ1v) is 6.96. The average Bonchev–Trinajstić information content (AvgIpc) is 2.79. The molecule has 7 heteroatoms. The Kier molecular flexibility index (Phi) is 4.47. The Bertz CT molecular complexity index is 667. The lowest BCUT2D eigenvalue weighted by molar-refractivity contribution is -0.384. The number of anilines is 1. The standard InChI is InChI=1S/C14H17ClN4O2/c1-9(2)14-10(8-18(3)17-14)7-16-13-6-11(19(20)21)4-5-12(13)15/h4-6,8-9,16H,7H2,1-3H3. The zero-order chi connectivity index (χ0) is 15.6. The zero-order valence-corrected chi connectivity index (χ0v) is 12.9. The van der Waals surface area contributed by atoms with Crippen molar-refractivity contribution in [1.82, 2.24) is 9.78 Å². The average molecular weight is 309 g/mol. The van der Waals surface area contributed by atoms with E-state index in [0.717, 1.165) is 11.3 Å². The minimum atomic E-state index is -0.439. The van der Waals surface area contributed by atoms with E-state index in [0.29, 0.717) is 23.2 Å². The fourth-order valence-electron chi connectivity index (χ4n) is 2.13. The van der Waals surface area contributed by atoms with Crippen LogP contribution in [0.5, 0.6) is 0 Å². The van der Waals surface area contributed by atoms with Gasteiger partial charge in [0.2, 0.25) is 0 Å². The highest BCUT2D eigenvalue weighted by Gasteiger charge is 2.13. The monoisotopic (exact) mass is 308 g/mol. The molecule has 2 rings (SSSR count). The molecule has 0 amide bonds. The third-order valence-electron chi connectivity index (χ3n) is 3.11. The summed E-state index contributed by atoms with van der Waals surface area (Å²) in [5.74, 6) is 0.309. The lowest BCUT2D eigenvalue weighted by atomic mass is 10.1. The molecule has 0 saturated heterocycles. The maximum absolute atomic E-state index is 10.8. The molecular formula is C14H17ClN4O2. The first-order chi connectivity index (χ1) is 9.88. The van der Waals surface area contributed by atoms with E-state index >= 15 is 0 Å². The van der Waals surface area contributed by atoms with Crippen LogP contribution in [0.1, 0.15) is 31.0 Å². The molecule has 1 aromatic heterocycles.